The highest BCUT2D eigenvalue weighted by Gasteiger charge is 2.44. The van der Waals surface area contributed by atoms with Crippen molar-refractivity contribution in [3.05, 3.63) is 0 Å². The average molecular weight is 405 g/mol. The van der Waals surface area contributed by atoms with E-state index in [9.17, 15) is 9.90 Å². The van der Waals surface area contributed by atoms with E-state index in [1.54, 1.807) is 0 Å². The van der Waals surface area contributed by atoms with Crippen LogP contribution in [0.25, 0.3) is 0 Å². The van der Waals surface area contributed by atoms with Gasteiger partial charge in [0.1, 0.15) is 0 Å². The van der Waals surface area contributed by atoms with Crippen LogP contribution in [0.4, 0.5) is 0 Å². The smallest absolute Gasteiger partial charge is 0.305 e. The first kappa shape index (κ1) is 25.8. The third kappa shape index (κ3) is 7.09. The normalized spacial score (nSPS) is 17.7. The summed E-state index contributed by atoms with van der Waals surface area (Å²) in [6.07, 6.45) is 0.600. The predicted octanol–water partition coefficient (Wildman–Crippen LogP) is 6.29. The monoisotopic (exact) mass is 404 g/mol. The minimum absolute atomic E-state index is 0.0185. The lowest BCUT2D eigenvalue weighted by Gasteiger charge is -2.44. The molecule has 0 heterocycles. The van der Waals surface area contributed by atoms with Crippen molar-refractivity contribution in [2.45, 2.75) is 117 Å². The second-order valence-corrected chi connectivity index (χ2v) is 20.2. The van der Waals surface area contributed by atoms with Crippen LogP contribution in [0.5, 0.6) is 0 Å². The Kier molecular flexibility index (Phi) is 8.82. The van der Waals surface area contributed by atoms with Crippen molar-refractivity contribution in [2.75, 3.05) is 0 Å². The highest BCUT2D eigenvalue weighted by molar-refractivity contribution is 6.74. The lowest BCUT2D eigenvalue weighted by Crippen LogP contribution is -2.50. The first-order valence-corrected chi connectivity index (χ1v) is 15.7. The van der Waals surface area contributed by atoms with E-state index in [-0.39, 0.29) is 34.6 Å². The first-order chi connectivity index (χ1) is 11.4. The SMILES string of the molecule is CC[C@@H](O[Si](C)(C)C(C)(C)C)[C@H](C)[C@@H](CC(=O)O)O[Si](C)(C)C(C)(C)C. The fourth-order valence-corrected chi connectivity index (χ4v) is 5.32. The number of carbonyl (C=O) groups is 1. The minimum Gasteiger partial charge on any atom is -0.481 e. The van der Waals surface area contributed by atoms with E-state index < -0.39 is 22.6 Å². The molecule has 0 aliphatic carbocycles. The van der Waals surface area contributed by atoms with Crippen LogP contribution in [0.3, 0.4) is 0 Å². The predicted molar refractivity (Wildman–Crippen MR) is 116 cm³/mol. The van der Waals surface area contributed by atoms with Crippen molar-refractivity contribution in [1.82, 2.24) is 0 Å². The summed E-state index contributed by atoms with van der Waals surface area (Å²) in [5.74, 6) is -0.762. The third-order valence-corrected chi connectivity index (χ3v) is 15.5. The van der Waals surface area contributed by atoms with E-state index in [2.05, 4.69) is 81.6 Å². The quantitative estimate of drug-likeness (QED) is 0.459. The van der Waals surface area contributed by atoms with Crippen molar-refractivity contribution < 1.29 is 18.8 Å². The second-order valence-electron chi connectivity index (χ2n) is 10.7. The number of hydrogen-bond donors (Lipinski definition) is 1. The van der Waals surface area contributed by atoms with E-state index in [4.69, 9.17) is 8.85 Å². The lowest BCUT2D eigenvalue weighted by molar-refractivity contribution is -0.140. The van der Waals surface area contributed by atoms with Gasteiger partial charge in [-0.05, 0) is 42.7 Å². The topological polar surface area (TPSA) is 55.8 Å². The molecule has 0 aliphatic heterocycles. The van der Waals surface area contributed by atoms with Crippen molar-refractivity contribution in [2.24, 2.45) is 5.92 Å². The van der Waals surface area contributed by atoms with Crippen LogP contribution >= 0.6 is 0 Å². The molecule has 3 atom stereocenters. The minimum atomic E-state index is -2.06. The second kappa shape index (κ2) is 8.88. The van der Waals surface area contributed by atoms with E-state index in [0.717, 1.165) is 6.42 Å². The molecule has 0 spiro atoms. The molecule has 0 fully saturated rings. The molecule has 0 unspecified atom stereocenters. The molecule has 4 nitrogen and oxygen atoms in total. The number of rotatable bonds is 9. The molecular formula is C20H44O4Si2. The van der Waals surface area contributed by atoms with Gasteiger partial charge in [-0.25, -0.2) is 0 Å². The summed E-state index contributed by atoms with van der Waals surface area (Å²) in [6, 6.07) is 0. The van der Waals surface area contributed by atoms with Gasteiger partial charge in [0.15, 0.2) is 16.6 Å². The van der Waals surface area contributed by atoms with E-state index >= 15 is 0 Å². The van der Waals surface area contributed by atoms with Crippen LogP contribution in [0.15, 0.2) is 0 Å². The Hall–Kier alpha value is -0.176. The molecule has 0 aromatic rings. The van der Waals surface area contributed by atoms with Crippen LogP contribution in [0, 0.1) is 5.92 Å². The fourth-order valence-electron chi connectivity index (χ4n) is 2.42. The summed E-state index contributed by atoms with van der Waals surface area (Å²) >= 11 is 0. The van der Waals surface area contributed by atoms with E-state index in [1.807, 2.05) is 0 Å². The maximum Gasteiger partial charge on any atom is 0.305 e. The molecule has 0 radical (unpaired) electrons. The Morgan fingerprint density at radius 3 is 1.50 bits per heavy atom. The molecule has 6 heteroatoms. The molecule has 0 rings (SSSR count). The largest absolute Gasteiger partial charge is 0.481 e. The molecule has 1 N–H and O–H groups in total. The maximum absolute atomic E-state index is 11.5. The lowest BCUT2D eigenvalue weighted by atomic mass is 9.94. The van der Waals surface area contributed by atoms with E-state index in [1.165, 1.54) is 0 Å². The summed E-state index contributed by atoms with van der Waals surface area (Å²) in [5.41, 5.74) is 0. The molecule has 0 aromatic carbocycles. The number of carboxylic acid groups (broad SMARTS) is 1. The Morgan fingerprint density at radius 1 is 0.885 bits per heavy atom. The van der Waals surface area contributed by atoms with Crippen molar-refractivity contribution in [3.8, 4) is 0 Å². The molecular weight excluding hydrogens is 360 g/mol. The molecule has 0 aromatic heterocycles. The van der Waals surface area contributed by atoms with Crippen LogP contribution < -0.4 is 0 Å². The van der Waals surface area contributed by atoms with Gasteiger partial charge >= 0.3 is 5.97 Å². The molecule has 156 valence electrons. The number of hydrogen-bond acceptors (Lipinski definition) is 3. The van der Waals surface area contributed by atoms with Gasteiger partial charge in [-0.3, -0.25) is 4.79 Å². The van der Waals surface area contributed by atoms with Crippen LogP contribution in [-0.2, 0) is 13.6 Å². The first-order valence-electron chi connectivity index (χ1n) is 9.93. The van der Waals surface area contributed by atoms with Gasteiger partial charge in [-0.1, -0.05) is 55.4 Å². The number of aliphatic carboxylic acids is 1. The van der Waals surface area contributed by atoms with Gasteiger partial charge in [-0.2, -0.15) is 0 Å². The average Bonchev–Trinajstić information content (AvgIpc) is 2.40. The Balaban J connectivity index is 5.56. The number of carboxylic acids is 1. The van der Waals surface area contributed by atoms with Crippen LogP contribution in [-0.4, -0.2) is 39.9 Å². The molecule has 0 aliphatic rings. The van der Waals surface area contributed by atoms with Crippen LogP contribution in [0.2, 0.25) is 36.3 Å². The Bertz CT molecular complexity index is 461. The zero-order valence-corrected chi connectivity index (χ0v) is 21.3. The van der Waals surface area contributed by atoms with Crippen molar-refractivity contribution in [1.29, 1.82) is 0 Å². The molecule has 0 bridgehead atoms. The van der Waals surface area contributed by atoms with Gasteiger partial charge in [0, 0.05) is 12.0 Å². The summed E-state index contributed by atoms with van der Waals surface area (Å²) in [5, 5.41) is 9.63. The maximum atomic E-state index is 11.5. The fraction of sp³-hybridized carbons (Fsp3) is 0.950. The van der Waals surface area contributed by atoms with Gasteiger partial charge in [0.25, 0.3) is 0 Å². The van der Waals surface area contributed by atoms with Gasteiger partial charge < -0.3 is 14.0 Å². The molecule has 0 saturated carbocycles. The standard InChI is InChI=1S/C20H44O4Si2/c1-13-16(23-25(9,10)19(3,4)5)15(2)17(14-18(21)22)24-26(11,12)20(6,7)8/h15-17H,13-14H2,1-12H3,(H,21,22)/t15-,16+,17+/m0/s1. The van der Waals surface area contributed by atoms with E-state index in [0.29, 0.717) is 0 Å². The molecule has 26 heavy (non-hydrogen) atoms. The highest BCUT2D eigenvalue weighted by atomic mass is 28.4. The van der Waals surface area contributed by atoms with Gasteiger partial charge in [0.2, 0.25) is 0 Å². The summed E-state index contributed by atoms with van der Waals surface area (Å²) < 4.78 is 13.2. The summed E-state index contributed by atoms with van der Waals surface area (Å²) in [4.78, 5) is 11.5. The Labute approximate surface area is 164 Å². The Morgan fingerprint density at radius 2 is 1.23 bits per heavy atom. The zero-order chi connectivity index (χ0) is 21.1. The van der Waals surface area contributed by atoms with Crippen molar-refractivity contribution in [3.63, 3.8) is 0 Å². The summed E-state index contributed by atoms with van der Waals surface area (Å²) in [6.45, 7) is 26.4. The summed E-state index contributed by atoms with van der Waals surface area (Å²) in [7, 11) is -3.98. The van der Waals surface area contributed by atoms with Gasteiger partial charge in [-0.15, -0.1) is 0 Å². The highest BCUT2D eigenvalue weighted by Crippen LogP contribution is 2.41. The third-order valence-electron chi connectivity index (χ3n) is 6.46. The van der Waals surface area contributed by atoms with Crippen LogP contribution in [0.1, 0.15) is 68.2 Å². The molecule has 0 amide bonds. The van der Waals surface area contributed by atoms with Gasteiger partial charge in [0.05, 0.1) is 12.5 Å². The zero-order valence-electron chi connectivity index (χ0n) is 19.3. The molecule has 0 saturated heterocycles. The van der Waals surface area contributed by atoms with Crippen molar-refractivity contribution >= 4 is 22.6 Å².